The van der Waals surface area contributed by atoms with Crippen LogP contribution in [-0.2, 0) is 7.05 Å². The van der Waals surface area contributed by atoms with E-state index in [-0.39, 0.29) is 17.5 Å². The first kappa shape index (κ1) is 19.3. The molecule has 0 aliphatic carbocycles. The van der Waals surface area contributed by atoms with Crippen molar-refractivity contribution >= 4 is 5.82 Å². The number of aryl methyl sites for hydroxylation is 1. The molecule has 1 fully saturated rings. The van der Waals surface area contributed by atoms with Gasteiger partial charge in [0.05, 0.1) is 11.9 Å². The van der Waals surface area contributed by atoms with Crippen LogP contribution in [0, 0.1) is 0 Å². The first-order chi connectivity index (χ1) is 13.8. The maximum absolute atomic E-state index is 10.5. The molecule has 1 atom stereocenters. The van der Waals surface area contributed by atoms with Crippen molar-refractivity contribution in [2.24, 2.45) is 7.05 Å². The van der Waals surface area contributed by atoms with Gasteiger partial charge >= 0.3 is 0 Å². The van der Waals surface area contributed by atoms with Crippen molar-refractivity contribution in [2.45, 2.75) is 45.3 Å². The molecule has 0 spiro atoms. The molecule has 8 nitrogen and oxygen atoms in total. The van der Waals surface area contributed by atoms with Crippen molar-refractivity contribution in [3.63, 3.8) is 0 Å². The standard InChI is InChI=1S/C21H27N7O/c1-21(2,3)23-18-6-5-10-28(18)19-8-7-16(24-25-19)20-17(29)12-14(13-22-20)15-9-11-27(4)26-15/h7-9,11-13,18,23,29H,5-6,10H2,1-4H3/t18-/m1/s1. The fourth-order valence-corrected chi connectivity index (χ4v) is 3.66. The van der Waals surface area contributed by atoms with Crippen LogP contribution in [0.4, 0.5) is 5.82 Å². The summed E-state index contributed by atoms with van der Waals surface area (Å²) in [6.07, 6.45) is 5.99. The molecule has 1 aliphatic heterocycles. The van der Waals surface area contributed by atoms with Crippen molar-refractivity contribution in [1.29, 1.82) is 0 Å². The average Bonchev–Trinajstić information content (AvgIpc) is 3.29. The summed E-state index contributed by atoms with van der Waals surface area (Å²) in [6, 6.07) is 7.34. The normalized spacial score (nSPS) is 17.1. The van der Waals surface area contributed by atoms with Crippen molar-refractivity contribution in [1.82, 2.24) is 30.3 Å². The molecule has 0 unspecified atom stereocenters. The molecule has 8 heteroatoms. The molecule has 3 aromatic heterocycles. The third kappa shape index (κ3) is 4.22. The fraction of sp³-hybridized carbons (Fsp3) is 0.429. The summed E-state index contributed by atoms with van der Waals surface area (Å²) in [5.41, 5.74) is 2.50. The lowest BCUT2D eigenvalue weighted by Crippen LogP contribution is -2.50. The zero-order valence-corrected chi connectivity index (χ0v) is 17.3. The molecule has 0 amide bonds. The van der Waals surface area contributed by atoms with Gasteiger partial charge < -0.3 is 10.0 Å². The van der Waals surface area contributed by atoms with E-state index in [0.29, 0.717) is 11.4 Å². The van der Waals surface area contributed by atoms with E-state index >= 15 is 0 Å². The highest BCUT2D eigenvalue weighted by molar-refractivity contribution is 5.68. The largest absolute Gasteiger partial charge is 0.506 e. The number of nitrogens with zero attached hydrogens (tertiary/aromatic N) is 6. The van der Waals surface area contributed by atoms with Crippen LogP contribution in [-0.4, -0.2) is 48.3 Å². The first-order valence-electron chi connectivity index (χ1n) is 9.88. The highest BCUT2D eigenvalue weighted by atomic mass is 16.3. The lowest BCUT2D eigenvalue weighted by molar-refractivity contribution is 0.361. The number of rotatable bonds is 4. The molecule has 0 saturated carbocycles. The Morgan fingerprint density at radius 3 is 2.59 bits per heavy atom. The van der Waals surface area contributed by atoms with Crippen LogP contribution in [0.3, 0.4) is 0 Å². The van der Waals surface area contributed by atoms with E-state index in [2.05, 4.69) is 51.3 Å². The first-order valence-corrected chi connectivity index (χ1v) is 9.88. The van der Waals surface area contributed by atoms with E-state index in [0.717, 1.165) is 36.5 Å². The average molecular weight is 393 g/mol. The molecule has 4 heterocycles. The molecule has 0 aromatic carbocycles. The van der Waals surface area contributed by atoms with Crippen molar-refractivity contribution < 1.29 is 5.11 Å². The monoisotopic (exact) mass is 393 g/mol. The summed E-state index contributed by atoms with van der Waals surface area (Å²) in [7, 11) is 1.85. The van der Waals surface area contributed by atoms with E-state index < -0.39 is 0 Å². The number of hydrogen-bond donors (Lipinski definition) is 2. The maximum atomic E-state index is 10.5. The number of pyridine rings is 1. The van der Waals surface area contributed by atoms with Gasteiger partial charge in [-0.1, -0.05) is 0 Å². The number of aromatic nitrogens is 5. The number of nitrogens with one attached hydrogen (secondary N) is 1. The summed E-state index contributed by atoms with van der Waals surface area (Å²) >= 11 is 0. The predicted molar refractivity (Wildman–Crippen MR) is 112 cm³/mol. The molecule has 0 radical (unpaired) electrons. The second kappa shape index (κ2) is 7.44. The topological polar surface area (TPSA) is 92.0 Å². The highest BCUT2D eigenvalue weighted by Gasteiger charge is 2.29. The molecular weight excluding hydrogens is 366 g/mol. The van der Waals surface area contributed by atoms with Crippen LogP contribution in [0.1, 0.15) is 33.6 Å². The lowest BCUT2D eigenvalue weighted by Gasteiger charge is -2.32. The third-order valence-electron chi connectivity index (χ3n) is 4.92. The van der Waals surface area contributed by atoms with Crippen LogP contribution in [0.15, 0.2) is 36.7 Å². The SMILES string of the molecule is Cn1ccc(-c2cnc(-c3ccc(N4CCC[C@@H]4NC(C)(C)C)nn3)c(O)c2)n1. The number of aromatic hydroxyl groups is 1. The van der Waals surface area contributed by atoms with Gasteiger partial charge in [-0.05, 0) is 57.9 Å². The Morgan fingerprint density at radius 1 is 1.14 bits per heavy atom. The Kier molecular flexibility index (Phi) is 4.96. The summed E-state index contributed by atoms with van der Waals surface area (Å²) < 4.78 is 1.71. The molecular formula is C21H27N7O. The molecule has 4 rings (SSSR count). The molecule has 1 saturated heterocycles. The van der Waals surface area contributed by atoms with E-state index in [1.807, 2.05) is 31.4 Å². The van der Waals surface area contributed by atoms with Gasteiger partial charge in [0, 0.05) is 37.1 Å². The van der Waals surface area contributed by atoms with Crippen LogP contribution >= 0.6 is 0 Å². The Balaban J connectivity index is 1.55. The second-order valence-corrected chi connectivity index (χ2v) is 8.49. The van der Waals surface area contributed by atoms with Crippen LogP contribution in [0.25, 0.3) is 22.6 Å². The molecule has 1 aliphatic rings. The van der Waals surface area contributed by atoms with Gasteiger partial charge in [0.25, 0.3) is 0 Å². The molecule has 2 N–H and O–H groups in total. The van der Waals surface area contributed by atoms with Crippen LogP contribution in [0.5, 0.6) is 5.75 Å². The number of anilines is 1. The summed E-state index contributed by atoms with van der Waals surface area (Å²) in [6.45, 7) is 7.45. The summed E-state index contributed by atoms with van der Waals surface area (Å²) in [5.74, 6) is 0.890. The molecule has 29 heavy (non-hydrogen) atoms. The van der Waals surface area contributed by atoms with Crippen molar-refractivity contribution in [3.8, 4) is 28.4 Å². The van der Waals surface area contributed by atoms with Gasteiger partial charge in [-0.25, -0.2) is 4.98 Å². The van der Waals surface area contributed by atoms with Crippen molar-refractivity contribution in [3.05, 3.63) is 36.7 Å². The van der Waals surface area contributed by atoms with E-state index in [1.165, 1.54) is 0 Å². The van der Waals surface area contributed by atoms with Gasteiger partial charge in [0.2, 0.25) is 0 Å². The van der Waals surface area contributed by atoms with Gasteiger partial charge in [-0.3, -0.25) is 10.00 Å². The zero-order chi connectivity index (χ0) is 20.6. The Bertz CT molecular complexity index is 991. The minimum absolute atomic E-state index is 0.0334. The Hall–Kier alpha value is -3.00. The van der Waals surface area contributed by atoms with Crippen molar-refractivity contribution in [2.75, 3.05) is 11.4 Å². The van der Waals surface area contributed by atoms with Gasteiger partial charge in [0.15, 0.2) is 5.82 Å². The zero-order valence-electron chi connectivity index (χ0n) is 17.3. The Morgan fingerprint density at radius 2 is 1.97 bits per heavy atom. The van der Waals surface area contributed by atoms with E-state index in [9.17, 15) is 5.11 Å². The van der Waals surface area contributed by atoms with E-state index in [4.69, 9.17) is 0 Å². The van der Waals surface area contributed by atoms with Gasteiger partial charge in [0.1, 0.15) is 17.1 Å². The van der Waals surface area contributed by atoms with E-state index in [1.54, 1.807) is 16.9 Å². The van der Waals surface area contributed by atoms with Crippen LogP contribution in [0.2, 0.25) is 0 Å². The summed E-state index contributed by atoms with van der Waals surface area (Å²) in [4.78, 5) is 6.65. The Labute approximate surface area is 170 Å². The van der Waals surface area contributed by atoms with Gasteiger partial charge in [-0.15, -0.1) is 10.2 Å². The highest BCUT2D eigenvalue weighted by Crippen LogP contribution is 2.30. The molecule has 3 aromatic rings. The fourth-order valence-electron chi connectivity index (χ4n) is 3.66. The van der Waals surface area contributed by atoms with Gasteiger partial charge in [-0.2, -0.15) is 5.10 Å². The lowest BCUT2D eigenvalue weighted by atomic mass is 10.1. The maximum Gasteiger partial charge on any atom is 0.152 e. The summed E-state index contributed by atoms with van der Waals surface area (Å²) in [5, 5.41) is 27.2. The predicted octanol–water partition coefficient (Wildman–Crippen LogP) is 2.96. The quantitative estimate of drug-likeness (QED) is 0.704. The molecule has 0 bridgehead atoms. The van der Waals surface area contributed by atoms with Crippen LogP contribution < -0.4 is 10.2 Å². The minimum Gasteiger partial charge on any atom is -0.506 e. The third-order valence-corrected chi connectivity index (χ3v) is 4.92. The number of hydrogen-bond acceptors (Lipinski definition) is 7. The second-order valence-electron chi connectivity index (χ2n) is 8.49. The smallest absolute Gasteiger partial charge is 0.152 e. The minimum atomic E-state index is 0.0334. The molecule has 152 valence electrons.